The van der Waals surface area contributed by atoms with E-state index in [1.807, 2.05) is 48.7 Å². The van der Waals surface area contributed by atoms with Crippen LogP contribution in [-0.4, -0.2) is 42.0 Å². The van der Waals surface area contributed by atoms with Gasteiger partial charge in [-0.1, -0.05) is 32.0 Å². The number of hydrogen-bond donors (Lipinski definition) is 2. The molecule has 0 radical (unpaired) electrons. The third-order valence-electron chi connectivity index (χ3n) is 6.43. The molecule has 2 heterocycles. The fraction of sp³-hybridized carbons (Fsp3) is 0.250. The van der Waals surface area contributed by atoms with Gasteiger partial charge in [0.2, 0.25) is 0 Å². The molecule has 2 unspecified atom stereocenters. The SMILES string of the molecule is COc1ccc(C(=O)Nc2ccc(C(C)C(C)CNC(=O)c3cnc4ccccn34)cc2)cc1OC. The molecule has 0 saturated heterocycles. The highest BCUT2D eigenvalue weighted by molar-refractivity contribution is 6.04. The molecule has 0 bridgehead atoms. The Morgan fingerprint density at radius 1 is 0.944 bits per heavy atom. The van der Waals surface area contributed by atoms with Crippen LogP contribution >= 0.6 is 0 Å². The smallest absolute Gasteiger partial charge is 0.269 e. The van der Waals surface area contributed by atoms with Crippen LogP contribution < -0.4 is 20.1 Å². The molecule has 0 aliphatic heterocycles. The van der Waals surface area contributed by atoms with E-state index in [0.717, 1.165) is 11.2 Å². The second kappa shape index (κ2) is 10.9. The standard InChI is InChI=1S/C28H30N4O4/c1-18(16-30-28(34)23-17-29-26-7-5-6-14-32(23)26)19(2)20-8-11-22(12-9-20)31-27(33)21-10-13-24(35-3)25(15-21)36-4/h5-15,17-19H,16H2,1-4H3,(H,30,34)(H,31,33). The number of rotatable bonds is 9. The molecule has 0 fully saturated rings. The average molecular weight is 487 g/mol. The van der Waals surface area contributed by atoms with Crippen molar-refractivity contribution in [2.24, 2.45) is 5.92 Å². The summed E-state index contributed by atoms with van der Waals surface area (Å²) in [6.07, 6.45) is 3.42. The van der Waals surface area contributed by atoms with Crippen molar-refractivity contribution in [2.45, 2.75) is 19.8 Å². The molecule has 4 aromatic rings. The number of nitrogens with zero attached hydrogens (tertiary/aromatic N) is 2. The van der Waals surface area contributed by atoms with E-state index in [1.165, 1.54) is 7.11 Å². The lowest BCUT2D eigenvalue weighted by Gasteiger charge is -2.21. The number of ether oxygens (including phenoxy) is 2. The average Bonchev–Trinajstić information content (AvgIpc) is 3.35. The lowest BCUT2D eigenvalue weighted by molar-refractivity contribution is 0.0940. The highest BCUT2D eigenvalue weighted by Gasteiger charge is 2.18. The predicted molar refractivity (Wildman–Crippen MR) is 139 cm³/mol. The summed E-state index contributed by atoms with van der Waals surface area (Å²) in [5.41, 5.74) is 3.54. The number of carbonyl (C=O) groups excluding carboxylic acids is 2. The molecule has 2 aromatic heterocycles. The Hall–Kier alpha value is -4.33. The summed E-state index contributed by atoms with van der Waals surface area (Å²) in [6.45, 7) is 4.76. The van der Waals surface area contributed by atoms with Crippen molar-refractivity contribution in [1.82, 2.24) is 14.7 Å². The van der Waals surface area contributed by atoms with Crippen LogP contribution in [0.4, 0.5) is 5.69 Å². The molecule has 4 rings (SSSR count). The van der Waals surface area contributed by atoms with E-state index in [0.29, 0.717) is 35.0 Å². The van der Waals surface area contributed by atoms with E-state index in [4.69, 9.17) is 9.47 Å². The largest absolute Gasteiger partial charge is 0.493 e. The first kappa shape index (κ1) is 24.8. The third-order valence-corrected chi connectivity index (χ3v) is 6.43. The lowest BCUT2D eigenvalue weighted by atomic mass is 9.88. The number of anilines is 1. The summed E-state index contributed by atoms with van der Waals surface area (Å²) in [5, 5.41) is 5.94. The molecule has 0 spiro atoms. The second-order valence-corrected chi connectivity index (χ2v) is 8.69. The summed E-state index contributed by atoms with van der Waals surface area (Å²) in [7, 11) is 3.09. The molecule has 0 saturated carbocycles. The highest BCUT2D eigenvalue weighted by atomic mass is 16.5. The van der Waals surface area contributed by atoms with Gasteiger partial charge in [-0.15, -0.1) is 0 Å². The first-order valence-corrected chi connectivity index (χ1v) is 11.7. The molecule has 2 atom stereocenters. The van der Waals surface area contributed by atoms with E-state index in [1.54, 1.807) is 35.9 Å². The number of carbonyl (C=O) groups is 2. The molecule has 0 aliphatic rings. The van der Waals surface area contributed by atoms with Gasteiger partial charge in [0.15, 0.2) is 11.5 Å². The summed E-state index contributed by atoms with van der Waals surface area (Å²) >= 11 is 0. The van der Waals surface area contributed by atoms with Gasteiger partial charge in [0.05, 0.1) is 20.4 Å². The maximum atomic E-state index is 12.7. The molecule has 8 nitrogen and oxygen atoms in total. The van der Waals surface area contributed by atoms with Crippen molar-refractivity contribution < 1.29 is 19.1 Å². The van der Waals surface area contributed by atoms with Crippen LogP contribution in [0.2, 0.25) is 0 Å². The van der Waals surface area contributed by atoms with Gasteiger partial charge in [0.1, 0.15) is 11.3 Å². The zero-order chi connectivity index (χ0) is 25.7. The van der Waals surface area contributed by atoms with Crippen molar-refractivity contribution in [3.8, 4) is 11.5 Å². The van der Waals surface area contributed by atoms with Crippen LogP contribution in [0.15, 0.2) is 73.1 Å². The van der Waals surface area contributed by atoms with Gasteiger partial charge in [-0.05, 0) is 59.9 Å². The highest BCUT2D eigenvalue weighted by Crippen LogP contribution is 2.28. The van der Waals surface area contributed by atoms with E-state index in [-0.39, 0.29) is 23.7 Å². The Labute approximate surface area is 210 Å². The van der Waals surface area contributed by atoms with Gasteiger partial charge >= 0.3 is 0 Å². The molecule has 36 heavy (non-hydrogen) atoms. The summed E-state index contributed by atoms with van der Waals surface area (Å²) in [4.78, 5) is 29.7. The summed E-state index contributed by atoms with van der Waals surface area (Å²) in [6, 6.07) is 18.4. The van der Waals surface area contributed by atoms with E-state index in [9.17, 15) is 9.59 Å². The van der Waals surface area contributed by atoms with Gasteiger partial charge in [-0.25, -0.2) is 4.98 Å². The number of methoxy groups -OCH3 is 2. The zero-order valence-corrected chi connectivity index (χ0v) is 20.8. The second-order valence-electron chi connectivity index (χ2n) is 8.69. The van der Waals surface area contributed by atoms with Crippen LogP contribution in [0.3, 0.4) is 0 Å². The van der Waals surface area contributed by atoms with E-state index in [2.05, 4.69) is 29.5 Å². The Bertz CT molecular complexity index is 1360. The van der Waals surface area contributed by atoms with Crippen molar-refractivity contribution in [1.29, 1.82) is 0 Å². The number of fused-ring (bicyclic) bond motifs is 1. The quantitative estimate of drug-likeness (QED) is 0.355. The van der Waals surface area contributed by atoms with Gasteiger partial charge in [-0.3, -0.25) is 14.0 Å². The molecule has 186 valence electrons. The molecule has 0 aliphatic carbocycles. The fourth-order valence-corrected chi connectivity index (χ4v) is 4.00. The van der Waals surface area contributed by atoms with Crippen LogP contribution in [0, 0.1) is 5.92 Å². The number of hydrogen-bond acceptors (Lipinski definition) is 5. The van der Waals surface area contributed by atoms with Crippen LogP contribution in [0.5, 0.6) is 11.5 Å². The van der Waals surface area contributed by atoms with Gasteiger partial charge < -0.3 is 20.1 Å². The van der Waals surface area contributed by atoms with Crippen molar-refractivity contribution in [3.63, 3.8) is 0 Å². The third kappa shape index (κ3) is 5.33. The van der Waals surface area contributed by atoms with E-state index < -0.39 is 0 Å². The molecule has 2 amide bonds. The number of imidazole rings is 1. The molecule has 2 aromatic carbocycles. The van der Waals surface area contributed by atoms with Crippen molar-refractivity contribution >= 4 is 23.1 Å². The number of benzene rings is 2. The number of nitrogens with one attached hydrogen (secondary N) is 2. The Morgan fingerprint density at radius 3 is 2.42 bits per heavy atom. The lowest BCUT2D eigenvalue weighted by Crippen LogP contribution is -2.31. The molecule has 8 heteroatoms. The maximum absolute atomic E-state index is 12.7. The minimum absolute atomic E-state index is 0.152. The first-order valence-electron chi connectivity index (χ1n) is 11.7. The van der Waals surface area contributed by atoms with Gasteiger partial charge in [0.25, 0.3) is 11.8 Å². The summed E-state index contributed by atoms with van der Waals surface area (Å²) < 4.78 is 12.3. The minimum Gasteiger partial charge on any atom is -0.493 e. The van der Waals surface area contributed by atoms with Crippen LogP contribution in [-0.2, 0) is 0 Å². The number of aromatic nitrogens is 2. The molecule has 2 N–H and O–H groups in total. The Balaban J connectivity index is 1.34. The number of amides is 2. The van der Waals surface area contributed by atoms with Crippen LogP contribution in [0.1, 0.15) is 46.2 Å². The number of pyridine rings is 1. The monoisotopic (exact) mass is 486 g/mol. The predicted octanol–water partition coefficient (Wildman–Crippen LogP) is 4.77. The van der Waals surface area contributed by atoms with Gasteiger partial charge in [-0.2, -0.15) is 0 Å². The normalized spacial score (nSPS) is 12.6. The first-order chi connectivity index (χ1) is 17.4. The summed E-state index contributed by atoms with van der Waals surface area (Å²) in [5.74, 6) is 1.07. The van der Waals surface area contributed by atoms with Gasteiger partial charge in [0, 0.05) is 24.0 Å². The molecular weight excluding hydrogens is 456 g/mol. The zero-order valence-electron chi connectivity index (χ0n) is 20.8. The maximum Gasteiger partial charge on any atom is 0.269 e. The Kier molecular flexibility index (Phi) is 7.53. The van der Waals surface area contributed by atoms with Crippen molar-refractivity contribution in [3.05, 3.63) is 89.9 Å². The Morgan fingerprint density at radius 2 is 1.69 bits per heavy atom. The molecular formula is C28H30N4O4. The van der Waals surface area contributed by atoms with Crippen molar-refractivity contribution in [2.75, 3.05) is 26.1 Å². The topological polar surface area (TPSA) is 94.0 Å². The fourth-order valence-electron chi connectivity index (χ4n) is 4.00. The minimum atomic E-state index is -0.236. The van der Waals surface area contributed by atoms with E-state index >= 15 is 0 Å². The van der Waals surface area contributed by atoms with Crippen LogP contribution in [0.25, 0.3) is 5.65 Å².